The summed E-state index contributed by atoms with van der Waals surface area (Å²) >= 11 is 0. The summed E-state index contributed by atoms with van der Waals surface area (Å²) in [6, 6.07) is 64.8. The molecule has 0 radical (unpaired) electrons. The van der Waals surface area contributed by atoms with Crippen molar-refractivity contribution in [2.45, 2.75) is 13.1 Å². The number of benzene rings is 6. The number of hydrogen-bond acceptors (Lipinski definition) is 4. The average Bonchev–Trinajstić information content (AvgIpc) is 3.88. The van der Waals surface area contributed by atoms with E-state index in [0.29, 0.717) is 0 Å². The third-order valence-electron chi connectivity index (χ3n) is 11.3. The third kappa shape index (κ3) is 7.49. The average molecular weight is 997 g/mol. The van der Waals surface area contributed by atoms with E-state index in [1.807, 2.05) is 61.1 Å². The van der Waals surface area contributed by atoms with Gasteiger partial charge in [-0.3, -0.25) is 4.98 Å². The van der Waals surface area contributed by atoms with Crippen molar-refractivity contribution in [3.8, 4) is 22.3 Å². The van der Waals surface area contributed by atoms with Gasteiger partial charge in [-0.25, -0.2) is 0 Å². The SMILES string of the molecule is Cc1ccc([N-]C(c2ccccn2)n2c3[c-][n+](O[n+]4[c-]c(N5[CH-]N(c6c(-c7ccccc7)cccc6-c6ccccc6)c6ccccc65)ccc4)ccc3c3ccccc32)cc1.[Pt+4]. The van der Waals surface area contributed by atoms with Crippen molar-refractivity contribution in [3.05, 3.63) is 242 Å². The Morgan fingerprint density at radius 1 is 0.587 bits per heavy atom. The van der Waals surface area contributed by atoms with Gasteiger partial charge in [0, 0.05) is 57.3 Å². The van der Waals surface area contributed by atoms with Crippen LogP contribution in [0, 0.1) is 26.0 Å². The Hall–Kier alpha value is -7.54. The molecule has 5 heterocycles. The van der Waals surface area contributed by atoms with Crippen molar-refractivity contribution in [2.24, 2.45) is 0 Å². The second-order valence-corrected chi connectivity index (χ2v) is 15.2. The van der Waals surface area contributed by atoms with E-state index in [2.05, 4.69) is 186 Å². The first-order valence-corrected chi connectivity index (χ1v) is 20.6. The molecule has 304 valence electrons. The molecule has 1 unspecified atom stereocenters. The van der Waals surface area contributed by atoms with E-state index in [1.165, 1.54) is 5.56 Å². The molecule has 9 heteroatoms. The minimum Gasteiger partial charge on any atom is -0.660 e. The monoisotopic (exact) mass is 996 g/mol. The summed E-state index contributed by atoms with van der Waals surface area (Å²) in [7, 11) is 0. The number of aromatic nitrogens is 4. The van der Waals surface area contributed by atoms with Gasteiger partial charge in [0.15, 0.2) is 6.20 Å². The quantitative estimate of drug-likeness (QED) is 0.101. The van der Waals surface area contributed by atoms with Crippen LogP contribution in [0.3, 0.4) is 0 Å². The zero-order valence-corrected chi connectivity index (χ0v) is 36.4. The fourth-order valence-electron chi connectivity index (χ4n) is 8.38. The molecule has 6 aromatic carbocycles. The van der Waals surface area contributed by atoms with Gasteiger partial charge in [-0.15, -0.1) is 24.5 Å². The van der Waals surface area contributed by atoms with Crippen LogP contribution >= 0.6 is 0 Å². The summed E-state index contributed by atoms with van der Waals surface area (Å²) in [5.41, 5.74) is 13.2. The van der Waals surface area contributed by atoms with Gasteiger partial charge in [-0.2, -0.15) is 0 Å². The molecule has 0 aliphatic carbocycles. The Labute approximate surface area is 380 Å². The van der Waals surface area contributed by atoms with E-state index >= 15 is 0 Å². The van der Waals surface area contributed by atoms with Crippen molar-refractivity contribution in [3.63, 3.8) is 0 Å². The summed E-state index contributed by atoms with van der Waals surface area (Å²) < 4.78 is 5.37. The Morgan fingerprint density at radius 3 is 1.95 bits per heavy atom. The van der Waals surface area contributed by atoms with Gasteiger partial charge < -0.3 is 19.7 Å². The van der Waals surface area contributed by atoms with Crippen LogP contribution in [-0.4, -0.2) is 9.55 Å². The maximum Gasteiger partial charge on any atom is 4.00 e. The minimum atomic E-state index is -0.473. The molecule has 11 rings (SSSR count). The molecule has 0 N–H and O–H groups in total. The second kappa shape index (κ2) is 17.1. The molecular weight excluding hydrogens is 958 g/mol. The van der Waals surface area contributed by atoms with E-state index in [9.17, 15) is 0 Å². The smallest absolute Gasteiger partial charge is 0.660 e. The molecule has 10 aromatic rings. The van der Waals surface area contributed by atoms with Gasteiger partial charge in [-0.1, -0.05) is 157 Å². The van der Waals surface area contributed by atoms with Crippen LogP contribution in [0.25, 0.3) is 49.4 Å². The van der Waals surface area contributed by atoms with Crippen molar-refractivity contribution >= 4 is 50.2 Å². The van der Waals surface area contributed by atoms with E-state index in [1.54, 1.807) is 9.46 Å². The molecular formula is C54H39N7OPt+2. The zero-order valence-electron chi connectivity index (χ0n) is 34.1. The fourth-order valence-corrected chi connectivity index (χ4v) is 8.38. The van der Waals surface area contributed by atoms with Crippen molar-refractivity contribution < 1.29 is 35.5 Å². The van der Waals surface area contributed by atoms with Crippen molar-refractivity contribution in [1.29, 1.82) is 0 Å². The number of pyridine rings is 3. The molecule has 1 aliphatic rings. The molecule has 0 bridgehead atoms. The molecule has 0 spiro atoms. The Kier molecular flexibility index (Phi) is 10.7. The molecule has 1 atom stereocenters. The van der Waals surface area contributed by atoms with E-state index < -0.39 is 6.17 Å². The first-order chi connectivity index (χ1) is 30.7. The summed E-state index contributed by atoms with van der Waals surface area (Å²) in [5.74, 6) is 0. The second-order valence-electron chi connectivity index (χ2n) is 15.2. The molecule has 0 amide bonds. The van der Waals surface area contributed by atoms with Crippen LogP contribution in [0.1, 0.15) is 17.4 Å². The fraction of sp³-hybridized carbons (Fsp3) is 0.0370. The Morgan fingerprint density at radius 2 is 1.24 bits per heavy atom. The summed E-state index contributed by atoms with van der Waals surface area (Å²) in [6.07, 6.45) is 12.1. The molecule has 8 nitrogen and oxygen atoms in total. The first-order valence-electron chi connectivity index (χ1n) is 20.6. The zero-order chi connectivity index (χ0) is 41.4. The number of para-hydroxylation sites is 4. The minimum absolute atomic E-state index is 0. The van der Waals surface area contributed by atoms with Crippen LogP contribution in [0.2, 0.25) is 0 Å². The Bertz CT molecular complexity index is 3140. The van der Waals surface area contributed by atoms with Crippen molar-refractivity contribution in [1.82, 2.24) is 9.55 Å². The standard InChI is InChI=1S/C54H39N7O.Pt/c1-39-28-30-42(31-29-39)56-54(48-24-12-13-33-55-48)61-49-25-9-8-21-46(49)47-32-35-58(37-52(47)61)62-57-34-15-20-43(36-57)59-38-60(51-27-11-10-26-50(51)59)53-44(40-16-4-2-5-17-40)22-14-23-45(53)41-18-6-3-7-19-41;/h2-35,38,54H,1H3;/q-2;+4. The van der Waals surface area contributed by atoms with Crippen LogP contribution in [0.4, 0.5) is 28.4 Å². The largest absolute Gasteiger partial charge is 4.00 e. The maximum atomic E-state index is 6.52. The predicted octanol–water partition coefficient (Wildman–Crippen LogP) is 11.6. The summed E-state index contributed by atoms with van der Waals surface area (Å²) in [5, 5.41) is 7.39. The number of hydrogen-bond donors (Lipinski definition) is 0. The normalized spacial score (nSPS) is 12.5. The topological polar surface area (TPSA) is 55.4 Å². The van der Waals surface area contributed by atoms with Crippen molar-refractivity contribution in [2.75, 3.05) is 9.80 Å². The van der Waals surface area contributed by atoms with Gasteiger partial charge in [0.1, 0.15) is 12.4 Å². The first kappa shape index (κ1) is 39.6. The van der Waals surface area contributed by atoms with Gasteiger partial charge in [0.05, 0.1) is 0 Å². The van der Waals surface area contributed by atoms with Crippen LogP contribution < -0.4 is 24.2 Å². The molecule has 4 aromatic heterocycles. The molecule has 63 heavy (non-hydrogen) atoms. The summed E-state index contributed by atoms with van der Waals surface area (Å²) in [4.78, 5) is 15.8. The summed E-state index contributed by atoms with van der Waals surface area (Å²) in [6.45, 7) is 4.23. The molecule has 0 saturated carbocycles. The third-order valence-corrected chi connectivity index (χ3v) is 11.3. The van der Waals surface area contributed by atoms with Gasteiger partial charge in [0.25, 0.3) is 0 Å². The van der Waals surface area contributed by atoms with Crippen LogP contribution in [0.15, 0.2) is 207 Å². The number of nitrogens with zero attached hydrogens (tertiary/aromatic N) is 7. The number of anilines is 4. The van der Waals surface area contributed by atoms with Gasteiger partial charge in [0.2, 0.25) is 6.20 Å². The van der Waals surface area contributed by atoms with E-state index in [-0.39, 0.29) is 21.1 Å². The maximum absolute atomic E-state index is 6.52. The predicted molar refractivity (Wildman–Crippen MR) is 245 cm³/mol. The molecule has 0 saturated heterocycles. The van der Waals surface area contributed by atoms with E-state index in [0.717, 1.165) is 78.2 Å². The molecule has 1 aliphatic heterocycles. The van der Waals surface area contributed by atoms with Crippen LogP contribution in [-0.2, 0) is 21.1 Å². The van der Waals surface area contributed by atoms with Crippen LogP contribution in [0.5, 0.6) is 0 Å². The van der Waals surface area contributed by atoms with Gasteiger partial charge >= 0.3 is 21.1 Å². The molecule has 0 fully saturated rings. The number of fused-ring (bicyclic) bond motifs is 4. The number of rotatable bonds is 10. The van der Waals surface area contributed by atoms with E-state index in [4.69, 9.17) is 15.2 Å². The Balaban J connectivity index is 0.00000471. The number of aryl methyl sites for hydroxylation is 1. The van der Waals surface area contributed by atoms with Gasteiger partial charge in [-0.05, 0) is 73.9 Å².